The van der Waals surface area contributed by atoms with Gasteiger partial charge in [0, 0.05) is 71.8 Å². The second-order valence-electron chi connectivity index (χ2n) is 9.09. The molecule has 34 heavy (non-hydrogen) atoms. The van der Waals surface area contributed by atoms with E-state index in [1.54, 1.807) is 24.8 Å². The number of hydrogen-bond acceptors (Lipinski definition) is 5. The van der Waals surface area contributed by atoms with E-state index in [4.69, 9.17) is 0 Å². The Hall–Kier alpha value is -3.81. The normalized spacial score (nSPS) is 28.4. The van der Waals surface area contributed by atoms with Crippen molar-refractivity contribution in [2.45, 2.75) is 24.2 Å². The molecule has 7 nitrogen and oxygen atoms in total. The van der Waals surface area contributed by atoms with E-state index in [1.165, 1.54) is 0 Å². The van der Waals surface area contributed by atoms with Gasteiger partial charge in [-0.3, -0.25) is 24.7 Å². The van der Waals surface area contributed by atoms with E-state index in [0.29, 0.717) is 0 Å². The molecule has 6 heterocycles. The van der Waals surface area contributed by atoms with Crippen molar-refractivity contribution in [3.05, 3.63) is 120 Å². The van der Waals surface area contributed by atoms with Crippen LogP contribution in [0.1, 0.15) is 46.4 Å². The monoisotopic (exact) mass is 450 g/mol. The Morgan fingerprint density at radius 2 is 0.794 bits per heavy atom. The van der Waals surface area contributed by atoms with Crippen LogP contribution in [-0.4, -0.2) is 25.7 Å². The summed E-state index contributed by atoms with van der Waals surface area (Å²) in [6.45, 7) is 0. The highest BCUT2D eigenvalue weighted by atomic mass is 16.1. The molecule has 2 aliphatic rings. The molecule has 2 fully saturated rings. The zero-order valence-electron chi connectivity index (χ0n) is 18.6. The number of Topliss-reactive ketones (excluding diaryl/α,β-unsaturated/α-hetero) is 1. The Morgan fingerprint density at radius 3 is 1.03 bits per heavy atom. The molecule has 0 amide bonds. The van der Waals surface area contributed by atoms with Crippen molar-refractivity contribution in [2.24, 2.45) is 11.8 Å². The van der Waals surface area contributed by atoms with E-state index < -0.39 is 0 Å². The lowest BCUT2D eigenvalue weighted by Crippen LogP contribution is -3.02. The fraction of sp³-hybridized carbons (Fsp3) is 0.222. The van der Waals surface area contributed by atoms with Gasteiger partial charge < -0.3 is 10.6 Å². The third kappa shape index (κ3) is 3.59. The topological polar surface area (TPSA) is 102 Å². The third-order valence-corrected chi connectivity index (χ3v) is 7.31. The number of quaternary nitrogens is 2. The summed E-state index contributed by atoms with van der Waals surface area (Å²) in [6.07, 6.45) is 14.7. The SMILES string of the molecule is O=C1C2[C@@H](c3cccnc3)[NH2+][C@@H](c3cccnc3)C1[C@H](c1cccnc1)[NH2+][C@H]2c1cccnc1. The summed E-state index contributed by atoms with van der Waals surface area (Å²) in [4.78, 5) is 31.9. The number of aromatic nitrogens is 4. The van der Waals surface area contributed by atoms with Crippen molar-refractivity contribution in [1.29, 1.82) is 0 Å². The predicted molar refractivity (Wildman–Crippen MR) is 124 cm³/mol. The van der Waals surface area contributed by atoms with Crippen LogP contribution in [0.4, 0.5) is 0 Å². The third-order valence-electron chi connectivity index (χ3n) is 7.31. The Kier molecular flexibility index (Phi) is 5.41. The fourth-order valence-electron chi connectivity index (χ4n) is 5.87. The first-order chi connectivity index (χ1) is 16.8. The lowest BCUT2D eigenvalue weighted by molar-refractivity contribution is -0.815. The van der Waals surface area contributed by atoms with Crippen LogP contribution in [0.3, 0.4) is 0 Å². The van der Waals surface area contributed by atoms with Crippen LogP contribution in [-0.2, 0) is 4.79 Å². The Labute approximate surface area is 197 Å². The van der Waals surface area contributed by atoms with Gasteiger partial charge in [-0.25, -0.2) is 0 Å². The Bertz CT molecular complexity index is 1070. The van der Waals surface area contributed by atoms with Gasteiger partial charge in [-0.2, -0.15) is 0 Å². The molecule has 6 rings (SSSR count). The van der Waals surface area contributed by atoms with Crippen molar-refractivity contribution in [1.82, 2.24) is 19.9 Å². The molecule has 4 aromatic rings. The summed E-state index contributed by atoms with van der Waals surface area (Å²) < 4.78 is 0. The van der Waals surface area contributed by atoms with E-state index in [-0.39, 0.29) is 41.8 Å². The van der Waals surface area contributed by atoms with E-state index in [2.05, 4.69) is 54.8 Å². The fourth-order valence-corrected chi connectivity index (χ4v) is 5.87. The molecule has 2 unspecified atom stereocenters. The number of pyridine rings is 4. The van der Waals surface area contributed by atoms with Gasteiger partial charge in [0.2, 0.25) is 0 Å². The molecule has 2 aliphatic heterocycles. The maximum Gasteiger partial charge on any atom is 0.164 e. The molecule has 168 valence electrons. The lowest BCUT2D eigenvalue weighted by atomic mass is 9.64. The molecule has 4 aromatic heterocycles. The molecule has 7 heteroatoms. The Morgan fingerprint density at radius 1 is 0.500 bits per heavy atom. The number of carbonyl (C=O) groups excluding carboxylic acids is 1. The van der Waals surface area contributed by atoms with Gasteiger partial charge in [0.05, 0.1) is 0 Å². The average Bonchev–Trinajstić information content (AvgIpc) is 2.91. The summed E-state index contributed by atoms with van der Waals surface area (Å²) in [6, 6.07) is 15.9. The number of fused-ring (bicyclic) bond motifs is 2. The number of rotatable bonds is 4. The second kappa shape index (κ2) is 8.85. The highest BCUT2D eigenvalue weighted by Crippen LogP contribution is 2.44. The first-order valence-corrected chi connectivity index (χ1v) is 11.6. The highest BCUT2D eigenvalue weighted by molar-refractivity contribution is 5.87. The zero-order chi connectivity index (χ0) is 22.9. The quantitative estimate of drug-likeness (QED) is 0.491. The van der Waals surface area contributed by atoms with Gasteiger partial charge in [0.1, 0.15) is 36.0 Å². The highest BCUT2D eigenvalue weighted by Gasteiger charge is 2.60. The van der Waals surface area contributed by atoms with Crippen LogP contribution < -0.4 is 10.6 Å². The number of piperidine rings is 2. The van der Waals surface area contributed by atoms with Crippen LogP contribution in [0, 0.1) is 11.8 Å². The van der Waals surface area contributed by atoms with E-state index in [1.807, 2.05) is 49.1 Å². The number of carbonyl (C=O) groups is 1. The number of nitrogens with two attached hydrogens (primary N) is 2. The van der Waals surface area contributed by atoms with Crippen molar-refractivity contribution in [3.8, 4) is 0 Å². The van der Waals surface area contributed by atoms with Gasteiger partial charge in [-0.1, -0.05) is 0 Å². The van der Waals surface area contributed by atoms with Crippen LogP contribution in [0.25, 0.3) is 0 Å². The second-order valence-corrected chi connectivity index (χ2v) is 9.09. The summed E-state index contributed by atoms with van der Waals surface area (Å²) in [5.41, 5.74) is 4.26. The van der Waals surface area contributed by atoms with Crippen molar-refractivity contribution >= 4 is 5.78 Å². The molecule has 2 saturated heterocycles. The minimum absolute atomic E-state index is 0.0565. The molecular weight excluding hydrogens is 424 g/mol. The maximum atomic E-state index is 14.4. The van der Waals surface area contributed by atoms with E-state index >= 15 is 0 Å². The Balaban J connectivity index is 1.52. The van der Waals surface area contributed by atoms with Crippen molar-refractivity contribution in [3.63, 3.8) is 0 Å². The smallest absolute Gasteiger partial charge is 0.164 e. The first-order valence-electron chi connectivity index (χ1n) is 11.6. The standard InChI is InChI=1S/C27H24N6O/c34-27-21-23(17-5-1-9-28-13-17)32-25(19-7-3-11-30-15-19)22(27)26(20-8-4-12-31-16-20)33-24(21)18-6-2-10-29-14-18/h1-16,21-26,32-33H/p+2/t21?,22?,23-,24-,25-,26+/m0/s1. The molecule has 2 bridgehead atoms. The number of hydrogen-bond donors (Lipinski definition) is 2. The predicted octanol–water partition coefficient (Wildman–Crippen LogP) is 1.49. The van der Waals surface area contributed by atoms with Gasteiger partial charge in [0.15, 0.2) is 5.78 Å². The van der Waals surface area contributed by atoms with Gasteiger partial charge in [-0.15, -0.1) is 0 Å². The molecule has 4 N–H and O–H groups in total. The van der Waals surface area contributed by atoms with Gasteiger partial charge in [0.25, 0.3) is 0 Å². The zero-order valence-corrected chi connectivity index (χ0v) is 18.6. The minimum Gasteiger partial charge on any atom is -0.332 e. The van der Waals surface area contributed by atoms with Gasteiger partial charge in [-0.05, 0) is 48.5 Å². The summed E-state index contributed by atoms with van der Waals surface area (Å²) in [7, 11) is 0. The van der Waals surface area contributed by atoms with Crippen LogP contribution >= 0.6 is 0 Å². The van der Waals surface area contributed by atoms with Gasteiger partial charge >= 0.3 is 0 Å². The number of nitrogens with zero attached hydrogens (tertiary/aromatic N) is 4. The van der Waals surface area contributed by atoms with Crippen molar-refractivity contribution in [2.75, 3.05) is 0 Å². The maximum absolute atomic E-state index is 14.4. The molecular formula is C27H26N6O+2. The van der Waals surface area contributed by atoms with Crippen LogP contribution in [0.15, 0.2) is 98.1 Å². The molecule has 0 saturated carbocycles. The van der Waals surface area contributed by atoms with E-state index in [0.717, 1.165) is 22.3 Å². The molecule has 0 spiro atoms. The largest absolute Gasteiger partial charge is 0.332 e. The lowest BCUT2D eigenvalue weighted by Gasteiger charge is -2.47. The van der Waals surface area contributed by atoms with Crippen molar-refractivity contribution < 1.29 is 15.4 Å². The minimum atomic E-state index is -0.209. The van der Waals surface area contributed by atoms with Crippen LogP contribution in [0.2, 0.25) is 0 Å². The summed E-state index contributed by atoms with van der Waals surface area (Å²) in [5, 5.41) is 4.73. The van der Waals surface area contributed by atoms with Crippen LogP contribution in [0.5, 0.6) is 0 Å². The molecule has 0 aliphatic carbocycles. The van der Waals surface area contributed by atoms with E-state index in [9.17, 15) is 4.79 Å². The summed E-state index contributed by atoms with van der Waals surface area (Å²) >= 11 is 0. The molecule has 6 atom stereocenters. The summed E-state index contributed by atoms with van der Waals surface area (Å²) in [5.74, 6) is -0.131. The first kappa shape index (κ1) is 20.8. The molecule has 0 radical (unpaired) electrons. The number of ketones is 1. The molecule has 0 aromatic carbocycles. The average molecular weight is 451 g/mol.